The molecule has 5 heteroatoms. The molecule has 0 unspecified atom stereocenters. The van der Waals surface area contributed by atoms with Crippen LogP contribution in [0.2, 0.25) is 0 Å². The van der Waals surface area contributed by atoms with Crippen molar-refractivity contribution in [2.24, 2.45) is 0 Å². The second-order valence-corrected chi connectivity index (χ2v) is 4.89. The molecule has 0 saturated heterocycles. The fourth-order valence-electron chi connectivity index (χ4n) is 1.51. The van der Waals surface area contributed by atoms with Gasteiger partial charge in [-0.1, -0.05) is 19.1 Å². The Bertz CT molecular complexity index is 452. The Balaban J connectivity index is 2.72. The molecule has 0 heterocycles. The van der Waals surface area contributed by atoms with Crippen molar-refractivity contribution < 1.29 is 14.7 Å². The zero-order valence-corrected chi connectivity index (χ0v) is 11.5. The second-order valence-electron chi connectivity index (χ2n) is 4.89. The van der Waals surface area contributed by atoms with Gasteiger partial charge in [0, 0.05) is 12.2 Å². The first-order valence-electron chi connectivity index (χ1n) is 6.26. The van der Waals surface area contributed by atoms with Crippen LogP contribution in [-0.2, 0) is 10.2 Å². The van der Waals surface area contributed by atoms with Crippen LogP contribution in [0.3, 0.4) is 0 Å². The number of nitrogens with one attached hydrogen (secondary N) is 2. The monoisotopic (exact) mass is 264 g/mol. The summed E-state index contributed by atoms with van der Waals surface area (Å²) in [5.41, 5.74) is 0.390. The number of anilines is 1. The number of urea groups is 1. The molecule has 1 aromatic carbocycles. The van der Waals surface area contributed by atoms with Crippen LogP contribution in [0.4, 0.5) is 10.5 Å². The fraction of sp³-hybridized carbons (Fsp3) is 0.429. The summed E-state index contributed by atoms with van der Waals surface area (Å²) in [5.74, 6) is -0.881. The molecule has 0 spiro atoms. The van der Waals surface area contributed by atoms with E-state index in [1.165, 1.54) is 0 Å². The average molecular weight is 264 g/mol. The summed E-state index contributed by atoms with van der Waals surface area (Å²) in [4.78, 5) is 22.6. The molecule has 0 radical (unpaired) electrons. The summed E-state index contributed by atoms with van der Waals surface area (Å²) >= 11 is 0. The maximum atomic E-state index is 11.4. The SMILES string of the molecule is CCCNC(=O)Nc1ccc(C(C)(C)C(=O)O)cc1. The van der Waals surface area contributed by atoms with Gasteiger partial charge in [-0.2, -0.15) is 0 Å². The molecule has 1 aromatic rings. The zero-order chi connectivity index (χ0) is 14.5. The van der Waals surface area contributed by atoms with Gasteiger partial charge in [-0.3, -0.25) is 4.79 Å². The van der Waals surface area contributed by atoms with E-state index >= 15 is 0 Å². The maximum Gasteiger partial charge on any atom is 0.319 e. The van der Waals surface area contributed by atoms with E-state index in [1.807, 2.05) is 6.92 Å². The predicted octanol–water partition coefficient (Wildman–Crippen LogP) is 2.58. The molecule has 0 atom stereocenters. The maximum absolute atomic E-state index is 11.4. The van der Waals surface area contributed by atoms with Gasteiger partial charge in [0.25, 0.3) is 0 Å². The lowest BCUT2D eigenvalue weighted by Gasteiger charge is -2.19. The molecule has 0 fully saturated rings. The van der Waals surface area contributed by atoms with E-state index in [0.717, 1.165) is 6.42 Å². The first-order chi connectivity index (χ1) is 8.87. The van der Waals surface area contributed by atoms with Crippen molar-refractivity contribution in [1.29, 1.82) is 0 Å². The molecule has 1 rings (SSSR count). The second kappa shape index (κ2) is 6.22. The number of carboxylic acids is 1. The van der Waals surface area contributed by atoms with E-state index in [4.69, 9.17) is 5.11 Å². The van der Waals surface area contributed by atoms with Crippen molar-refractivity contribution in [2.75, 3.05) is 11.9 Å². The van der Waals surface area contributed by atoms with Crippen molar-refractivity contribution in [1.82, 2.24) is 5.32 Å². The highest BCUT2D eigenvalue weighted by atomic mass is 16.4. The lowest BCUT2D eigenvalue weighted by atomic mass is 9.85. The van der Waals surface area contributed by atoms with Gasteiger partial charge in [0.2, 0.25) is 0 Å². The molecule has 0 aromatic heterocycles. The van der Waals surface area contributed by atoms with Gasteiger partial charge in [-0.25, -0.2) is 4.79 Å². The fourth-order valence-corrected chi connectivity index (χ4v) is 1.51. The molecule has 0 saturated carbocycles. The van der Waals surface area contributed by atoms with Crippen molar-refractivity contribution >= 4 is 17.7 Å². The normalized spacial score (nSPS) is 10.9. The van der Waals surface area contributed by atoms with Gasteiger partial charge in [-0.15, -0.1) is 0 Å². The van der Waals surface area contributed by atoms with Crippen LogP contribution in [0.1, 0.15) is 32.8 Å². The Morgan fingerprint density at radius 3 is 2.26 bits per heavy atom. The van der Waals surface area contributed by atoms with E-state index in [0.29, 0.717) is 17.8 Å². The molecule has 19 heavy (non-hydrogen) atoms. The van der Waals surface area contributed by atoms with Crippen LogP contribution < -0.4 is 10.6 Å². The summed E-state index contributed by atoms with van der Waals surface area (Å²) in [7, 11) is 0. The van der Waals surface area contributed by atoms with Crippen LogP contribution in [-0.4, -0.2) is 23.7 Å². The van der Waals surface area contributed by atoms with Crippen LogP contribution >= 0.6 is 0 Å². The molecule has 3 N–H and O–H groups in total. The van der Waals surface area contributed by atoms with Gasteiger partial charge < -0.3 is 15.7 Å². The van der Waals surface area contributed by atoms with Crippen LogP contribution in [0.5, 0.6) is 0 Å². The van der Waals surface area contributed by atoms with Crippen molar-refractivity contribution in [2.45, 2.75) is 32.6 Å². The Morgan fingerprint density at radius 1 is 1.21 bits per heavy atom. The summed E-state index contributed by atoms with van der Waals surface area (Å²) in [6.07, 6.45) is 0.874. The molecular weight excluding hydrogens is 244 g/mol. The van der Waals surface area contributed by atoms with Gasteiger partial charge >= 0.3 is 12.0 Å². The van der Waals surface area contributed by atoms with Gasteiger partial charge in [-0.05, 0) is 38.0 Å². The molecule has 0 aliphatic heterocycles. The minimum atomic E-state index is -0.941. The predicted molar refractivity (Wildman–Crippen MR) is 74.4 cm³/mol. The quantitative estimate of drug-likeness (QED) is 0.764. The highest BCUT2D eigenvalue weighted by Gasteiger charge is 2.29. The minimum Gasteiger partial charge on any atom is -0.481 e. The number of hydrogen-bond acceptors (Lipinski definition) is 2. The standard InChI is InChI=1S/C14H20N2O3/c1-4-9-15-13(19)16-11-7-5-10(6-8-11)14(2,3)12(17)18/h5-8H,4,9H2,1-3H3,(H,17,18)(H2,15,16,19). The number of rotatable bonds is 5. The van der Waals surface area contributed by atoms with E-state index in [2.05, 4.69) is 10.6 Å². The van der Waals surface area contributed by atoms with Gasteiger partial charge in [0.1, 0.15) is 0 Å². The Morgan fingerprint density at radius 2 is 1.79 bits per heavy atom. The average Bonchev–Trinajstić information content (AvgIpc) is 2.36. The number of hydrogen-bond donors (Lipinski definition) is 3. The van der Waals surface area contributed by atoms with E-state index in [-0.39, 0.29) is 6.03 Å². The number of amides is 2. The Hall–Kier alpha value is -2.04. The van der Waals surface area contributed by atoms with E-state index in [1.54, 1.807) is 38.1 Å². The number of aliphatic carboxylic acids is 1. The van der Waals surface area contributed by atoms with Crippen LogP contribution in [0, 0.1) is 0 Å². The highest BCUT2D eigenvalue weighted by Crippen LogP contribution is 2.24. The third kappa shape index (κ3) is 3.98. The van der Waals surface area contributed by atoms with Crippen molar-refractivity contribution in [3.63, 3.8) is 0 Å². The molecular formula is C14H20N2O3. The largest absolute Gasteiger partial charge is 0.481 e. The summed E-state index contributed by atoms with van der Waals surface area (Å²) in [6.45, 7) is 5.89. The smallest absolute Gasteiger partial charge is 0.319 e. The third-order valence-corrected chi connectivity index (χ3v) is 2.93. The lowest BCUT2D eigenvalue weighted by molar-refractivity contribution is -0.142. The zero-order valence-electron chi connectivity index (χ0n) is 11.5. The third-order valence-electron chi connectivity index (χ3n) is 2.93. The number of carbonyl (C=O) groups is 2. The van der Waals surface area contributed by atoms with Crippen molar-refractivity contribution in [3.05, 3.63) is 29.8 Å². The number of benzene rings is 1. The van der Waals surface area contributed by atoms with Gasteiger partial charge in [0.15, 0.2) is 0 Å². The molecule has 2 amide bonds. The van der Waals surface area contributed by atoms with Gasteiger partial charge in [0.05, 0.1) is 5.41 Å². The van der Waals surface area contributed by atoms with E-state index in [9.17, 15) is 9.59 Å². The first kappa shape index (κ1) is 15.0. The molecule has 0 bridgehead atoms. The first-order valence-corrected chi connectivity index (χ1v) is 6.26. The lowest BCUT2D eigenvalue weighted by Crippen LogP contribution is -2.30. The summed E-state index contributed by atoms with van der Waals surface area (Å²) in [5, 5.41) is 14.5. The summed E-state index contributed by atoms with van der Waals surface area (Å²) < 4.78 is 0. The van der Waals surface area contributed by atoms with E-state index < -0.39 is 11.4 Å². The molecule has 0 aliphatic rings. The molecule has 104 valence electrons. The van der Waals surface area contributed by atoms with Crippen LogP contribution in [0.15, 0.2) is 24.3 Å². The summed E-state index contributed by atoms with van der Waals surface area (Å²) in [6, 6.07) is 6.57. The Labute approximate surface area is 113 Å². The van der Waals surface area contributed by atoms with Crippen molar-refractivity contribution in [3.8, 4) is 0 Å². The molecule has 5 nitrogen and oxygen atoms in total. The Kier molecular flexibility index (Phi) is 4.92. The minimum absolute atomic E-state index is 0.257. The van der Waals surface area contributed by atoms with Crippen LogP contribution in [0.25, 0.3) is 0 Å². The number of carboxylic acid groups (broad SMARTS) is 1. The highest BCUT2D eigenvalue weighted by molar-refractivity contribution is 5.89. The topological polar surface area (TPSA) is 78.4 Å². The number of carbonyl (C=O) groups excluding carboxylic acids is 1. The molecule has 0 aliphatic carbocycles.